The summed E-state index contributed by atoms with van der Waals surface area (Å²) in [6, 6.07) is -0.198. The Hall–Kier alpha value is -1.50. The second-order valence-corrected chi connectivity index (χ2v) is 10.1. The van der Waals surface area contributed by atoms with Gasteiger partial charge in [0.25, 0.3) is 0 Å². The van der Waals surface area contributed by atoms with Gasteiger partial charge < -0.3 is 25.2 Å². The first-order valence-electron chi connectivity index (χ1n) is 10.3. The molecule has 2 atom stereocenters. The third-order valence-corrected chi connectivity index (χ3v) is 5.12. The van der Waals surface area contributed by atoms with E-state index in [1.54, 1.807) is 0 Å². The van der Waals surface area contributed by atoms with Crippen molar-refractivity contribution < 1.29 is 24.2 Å². The molecule has 0 aromatic carbocycles. The van der Waals surface area contributed by atoms with Gasteiger partial charge in [-0.25, -0.2) is 9.59 Å². The Balaban J connectivity index is 2.53. The lowest BCUT2D eigenvalue weighted by Gasteiger charge is -2.45. The van der Waals surface area contributed by atoms with Gasteiger partial charge in [-0.05, 0) is 79.6 Å². The fourth-order valence-electron chi connectivity index (χ4n) is 3.54. The molecule has 7 heteroatoms. The van der Waals surface area contributed by atoms with Crippen LogP contribution in [0, 0.1) is 11.3 Å². The molecule has 7 nitrogen and oxygen atoms in total. The SMILES string of the molecule is C[C@@H](NC(=O)OC(C)(C)C)C(CO)CC1(CCNC(=O)OC(C)(C)C)CCC1. The zero-order valence-corrected chi connectivity index (χ0v) is 18.7. The zero-order chi connectivity index (χ0) is 21.6. The van der Waals surface area contributed by atoms with Gasteiger partial charge in [0.1, 0.15) is 11.2 Å². The first-order chi connectivity index (χ1) is 12.8. The van der Waals surface area contributed by atoms with E-state index in [2.05, 4.69) is 10.6 Å². The molecule has 1 unspecified atom stereocenters. The Morgan fingerprint density at radius 2 is 1.57 bits per heavy atom. The van der Waals surface area contributed by atoms with Crippen molar-refractivity contribution in [1.82, 2.24) is 10.6 Å². The number of carbonyl (C=O) groups excluding carboxylic acids is 2. The number of aliphatic hydroxyl groups excluding tert-OH is 1. The number of alkyl carbamates (subject to hydrolysis) is 2. The molecular weight excluding hydrogens is 360 g/mol. The minimum atomic E-state index is -0.555. The fraction of sp³-hybridized carbons (Fsp3) is 0.905. The smallest absolute Gasteiger partial charge is 0.407 e. The van der Waals surface area contributed by atoms with Crippen molar-refractivity contribution in [3.05, 3.63) is 0 Å². The average Bonchev–Trinajstić information content (AvgIpc) is 2.44. The summed E-state index contributed by atoms with van der Waals surface area (Å²) >= 11 is 0. The van der Waals surface area contributed by atoms with Crippen LogP contribution < -0.4 is 10.6 Å². The Kier molecular flexibility index (Phi) is 8.60. The van der Waals surface area contributed by atoms with Crippen molar-refractivity contribution in [3.8, 4) is 0 Å². The van der Waals surface area contributed by atoms with Gasteiger partial charge in [-0.3, -0.25) is 0 Å². The van der Waals surface area contributed by atoms with Gasteiger partial charge in [0.15, 0.2) is 0 Å². The highest BCUT2D eigenvalue weighted by Gasteiger charge is 2.40. The molecule has 0 heterocycles. The van der Waals surface area contributed by atoms with E-state index >= 15 is 0 Å². The number of amides is 2. The summed E-state index contributed by atoms with van der Waals surface area (Å²) in [6.45, 7) is 13.4. The van der Waals surface area contributed by atoms with E-state index in [0.29, 0.717) is 6.54 Å². The molecule has 28 heavy (non-hydrogen) atoms. The maximum absolute atomic E-state index is 12.0. The average molecular weight is 401 g/mol. The van der Waals surface area contributed by atoms with Crippen LogP contribution in [0.15, 0.2) is 0 Å². The van der Waals surface area contributed by atoms with Crippen LogP contribution in [0.3, 0.4) is 0 Å². The number of rotatable bonds is 8. The maximum atomic E-state index is 12.0. The van der Waals surface area contributed by atoms with Crippen LogP contribution in [-0.4, -0.2) is 47.7 Å². The lowest BCUT2D eigenvalue weighted by atomic mass is 9.62. The Morgan fingerprint density at radius 1 is 1.04 bits per heavy atom. The lowest BCUT2D eigenvalue weighted by molar-refractivity contribution is 0.0316. The van der Waals surface area contributed by atoms with Crippen molar-refractivity contribution in [3.63, 3.8) is 0 Å². The lowest BCUT2D eigenvalue weighted by Crippen LogP contribution is -2.45. The van der Waals surface area contributed by atoms with Crippen LogP contribution in [0.5, 0.6) is 0 Å². The third kappa shape index (κ3) is 9.13. The maximum Gasteiger partial charge on any atom is 0.407 e. The highest BCUT2D eigenvalue weighted by Crippen LogP contribution is 2.48. The highest BCUT2D eigenvalue weighted by atomic mass is 16.6. The van der Waals surface area contributed by atoms with Gasteiger partial charge in [0.05, 0.1) is 0 Å². The number of carbonyl (C=O) groups is 2. The number of ether oxygens (including phenoxy) is 2. The van der Waals surface area contributed by atoms with E-state index in [-0.39, 0.29) is 24.0 Å². The predicted molar refractivity (Wildman–Crippen MR) is 109 cm³/mol. The number of hydrogen-bond donors (Lipinski definition) is 3. The highest BCUT2D eigenvalue weighted by molar-refractivity contribution is 5.68. The van der Waals surface area contributed by atoms with Gasteiger partial charge in [-0.1, -0.05) is 6.42 Å². The molecule has 0 aromatic rings. The number of hydrogen-bond acceptors (Lipinski definition) is 5. The van der Waals surface area contributed by atoms with Crippen LogP contribution >= 0.6 is 0 Å². The minimum absolute atomic E-state index is 0.00178. The summed E-state index contributed by atoms with van der Waals surface area (Å²) in [4.78, 5) is 23.9. The largest absolute Gasteiger partial charge is 0.444 e. The standard InChI is InChI=1S/C21H40N2O5/c1-15(23-18(26)28-20(5,6)7)16(14-24)13-21(9-8-10-21)11-12-22-17(25)27-19(2,3)4/h15-16,24H,8-14H2,1-7H3,(H,22,25)(H,23,26)/t15-,16?/m1/s1. The Labute approximate surface area is 169 Å². The first kappa shape index (κ1) is 24.5. The summed E-state index contributed by atoms with van der Waals surface area (Å²) in [7, 11) is 0. The van der Waals surface area contributed by atoms with E-state index < -0.39 is 23.4 Å². The third-order valence-electron chi connectivity index (χ3n) is 5.12. The molecule has 1 aliphatic rings. The topological polar surface area (TPSA) is 96.9 Å². The van der Waals surface area contributed by atoms with E-state index in [1.165, 1.54) is 0 Å². The van der Waals surface area contributed by atoms with Crippen LogP contribution in [0.25, 0.3) is 0 Å². The van der Waals surface area contributed by atoms with E-state index in [0.717, 1.165) is 32.1 Å². The normalized spacial score (nSPS) is 18.4. The van der Waals surface area contributed by atoms with Gasteiger partial charge in [0, 0.05) is 25.1 Å². The van der Waals surface area contributed by atoms with Crippen molar-refractivity contribution >= 4 is 12.2 Å². The fourth-order valence-corrected chi connectivity index (χ4v) is 3.54. The van der Waals surface area contributed by atoms with Gasteiger partial charge in [0.2, 0.25) is 0 Å². The molecule has 164 valence electrons. The molecule has 0 bridgehead atoms. The van der Waals surface area contributed by atoms with Gasteiger partial charge >= 0.3 is 12.2 Å². The van der Waals surface area contributed by atoms with Crippen LogP contribution in [0.2, 0.25) is 0 Å². The molecular formula is C21H40N2O5. The van der Waals surface area contributed by atoms with Crippen molar-refractivity contribution in [2.24, 2.45) is 11.3 Å². The molecule has 0 aromatic heterocycles. The summed E-state index contributed by atoms with van der Waals surface area (Å²) in [6.07, 6.45) is 4.06. The van der Waals surface area contributed by atoms with Crippen molar-refractivity contribution in [1.29, 1.82) is 0 Å². The molecule has 1 rings (SSSR count). The summed E-state index contributed by atoms with van der Waals surface area (Å²) < 4.78 is 10.6. The molecule has 1 fully saturated rings. The molecule has 2 amide bonds. The molecule has 0 aliphatic heterocycles. The molecule has 0 radical (unpaired) electrons. The van der Waals surface area contributed by atoms with E-state index in [4.69, 9.17) is 9.47 Å². The van der Waals surface area contributed by atoms with E-state index in [1.807, 2.05) is 48.5 Å². The molecule has 0 saturated heterocycles. The van der Waals surface area contributed by atoms with Crippen molar-refractivity contribution in [2.75, 3.05) is 13.2 Å². The minimum Gasteiger partial charge on any atom is -0.444 e. The van der Waals surface area contributed by atoms with Gasteiger partial charge in [-0.2, -0.15) is 0 Å². The molecule has 1 saturated carbocycles. The number of nitrogens with one attached hydrogen (secondary N) is 2. The second-order valence-electron chi connectivity index (χ2n) is 10.1. The van der Waals surface area contributed by atoms with E-state index in [9.17, 15) is 14.7 Å². The second kappa shape index (κ2) is 9.81. The summed E-state index contributed by atoms with van der Waals surface area (Å²) in [5.41, 5.74) is -0.976. The monoisotopic (exact) mass is 400 g/mol. The Bertz CT molecular complexity index is 518. The zero-order valence-electron chi connectivity index (χ0n) is 18.7. The molecule has 3 N–H and O–H groups in total. The molecule has 1 aliphatic carbocycles. The quantitative estimate of drug-likeness (QED) is 0.572. The van der Waals surface area contributed by atoms with Crippen LogP contribution in [0.4, 0.5) is 9.59 Å². The van der Waals surface area contributed by atoms with Crippen LogP contribution in [-0.2, 0) is 9.47 Å². The Morgan fingerprint density at radius 3 is 2.00 bits per heavy atom. The predicted octanol–water partition coefficient (Wildman–Crippen LogP) is 3.98. The first-order valence-corrected chi connectivity index (χ1v) is 10.3. The van der Waals surface area contributed by atoms with Crippen LogP contribution in [0.1, 0.15) is 80.6 Å². The summed E-state index contributed by atoms with van der Waals surface area (Å²) in [5.74, 6) is -0.0608. The van der Waals surface area contributed by atoms with Gasteiger partial charge in [-0.15, -0.1) is 0 Å². The molecule has 0 spiro atoms. The summed E-state index contributed by atoms with van der Waals surface area (Å²) in [5, 5.41) is 15.6. The van der Waals surface area contributed by atoms with Crippen molar-refractivity contribution in [2.45, 2.75) is 97.8 Å². The number of aliphatic hydroxyl groups is 1.